The molecular formula is C28H24N6. The van der Waals surface area contributed by atoms with E-state index in [1.807, 2.05) is 45.8 Å². The van der Waals surface area contributed by atoms with E-state index in [0.717, 1.165) is 33.2 Å². The maximum Gasteiger partial charge on any atom is 0.113 e. The van der Waals surface area contributed by atoms with Gasteiger partial charge in [-0.2, -0.15) is 0 Å². The molecule has 0 radical (unpaired) electrons. The summed E-state index contributed by atoms with van der Waals surface area (Å²) in [4.78, 5) is 0. The lowest BCUT2D eigenvalue weighted by atomic mass is 9.92. The largest absolute Gasteiger partial charge is 0.235 e. The standard InChI is InChI=1S/C28H24N6/c1-19-11-15-21(16-12-19)27(33-25-9-5-3-7-23(25)29-31-33)28(22-17-13-20(2)14-18-22)34-26-10-6-4-8-24(26)30-32-34/h3-18,27-28H,1-2H3. The number of aryl methyl sites for hydroxylation is 2. The van der Waals surface area contributed by atoms with Gasteiger partial charge in [-0.25, -0.2) is 9.36 Å². The van der Waals surface area contributed by atoms with Crippen molar-refractivity contribution in [3.63, 3.8) is 0 Å². The second-order valence-electron chi connectivity index (χ2n) is 8.76. The minimum atomic E-state index is -0.194. The Kier molecular flexibility index (Phi) is 4.91. The highest BCUT2D eigenvalue weighted by Crippen LogP contribution is 2.38. The summed E-state index contributed by atoms with van der Waals surface area (Å²) in [6.45, 7) is 4.21. The highest BCUT2D eigenvalue weighted by Gasteiger charge is 2.32. The third-order valence-electron chi connectivity index (χ3n) is 6.42. The first-order valence-electron chi connectivity index (χ1n) is 11.4. The van der Waals surface area contributed by atoms with Crippen molar-refractivity contribution < 1.29 is 0 Å². The number of aromatic nitrogens is 6. The van der Waals surface area contributed by atoms with Gasteiger partial charge in [0.2, 0.25) is 0 Å². The molecule has 0 aliphatic heterocycles. The van der Waals surface area contributed by atoms with Crippen LogP contribution in [0.2, 0.25) is 0 Å². The van der Waals surface area contributed by atoms with Crippen molar-refractivity contribution >= 4 is 22.1 Å². The topological polar surface area (TPSA) is 61.4 Å². The molecule has 34 heavy (non-hydrogen) atoms. The SMILES string of the molecule is Cc1ccc(C(C(c2ccc(C)cc2)n2nnc3ccccc32)n2nnc3ccccc32)cc1. The molecule has 0 saturated carbocycles. The zero-order chi connectivity index (χ0) is 23.1. The number of nitrogens with zero attached hydrogens (tertiary/aromatic N) is 6. The van der Waals surface area contributed by atoms with Crippen molar-refractivity contribution in [1.29, 1.82) is 0 Å². The molecule has 0 fully saturated rings. The van der Waals surface area contributed by atoms with E-state index in [-0.39, 0.29) is 12.1 Å². The van der Waals surface area contributed by atoms with E-state index in [9.17, 15) is 0 Å². The van der Waals surface area contributed by atoms with Gasteiger partial charge < -0.3 is 0 Å². The fourth-order valence-corrected chi connectivity index (χ4v) is 4.63. The van der Waals surface area contributed by atoms with E-state index in [1.165, 1.54) is 11.1 Å². The Morgan fingerprint density at radius 1 is 0.500 bits per heavy atom. The summed E-state index contributed by atoms with van der Waals surface area (Å²) in [5.74, 6) is 0. The molecule has 0 aliphatic rings. The maximum absolute atomic E-state index is 4.65. The van der Waals surface area contributed by atoms with Crippen LogP contribution in [0.15, 0.2) is 97.1 Å². The fraction of sp³-hybridized carbons (Fsp3) is 0.143. The molecule has 0 amide bonds. The lowest BCUT2D eigenvalue weighted by molar-refractivity contribution is 0.371. The van der Waals surface area contributed by atoms with Gasteiger partial charge in [0.1, 0.15) is 23.1 Å². The smallest absolute Gasteiger partial charge is 0.113 e. The summed E-state index contributed by atoms with van der Waals surface area (Å²) >= 11 is 0. The van der Waals surface area contributed by atoms with Gasteiger partial charge in [0.25, 0.3) is 0 Å². The van der Waals surface area contributed by atoms with Gasteiger partial charge in [0, 0.05) is 0 Å². The Labute approximate surface area is 197 Å². The number of fused-ring (bicyclic) bond motifs is 2. The van der Waals surface area contributed by atoms with Crippen LogP contribution in [0.1, 0.15) is 34.3 Å². The number of hydrogen-bond donors (Lipinski definition) is 0. The Balaban J connectivity index is 1.66. The molecular weight excluding hydrogens is 420 g/mol. The Morgan fingerprint density at radius 2 is 0.882 bits per heavy atom. The summed E-state index contributed by atoms with van der Waals surface area (Å²) in [5, 5.41) is 18.3. The minimum absolute atomic E-state index is 0.194. The zero-order valence-electron chi connectivity index (χ0n) is 19.1. The molecule has 2 atom stereocenters. The number of hydrogen-bond acceptors (Lipinski definition) is 4. The quantitative estimate of drug-likeness (QED) is 0.344. The van der Waals surface area contributed by atoms with E-state index >= 15 is 0 Å². The predicted octanol–water partition coefficient (Wildman–Crippen LogP) is 5.67. The third kappa shape index (κ3) is 3.44. The minimum Gasteiger partial charge on any atom is -0.235 e. The van der Waals surface area contributed by atoms with Crippen LogP contribution in [0.25, 0.3) is 22.1 Å². The Hall–Kier alpha value is -4.32. The molecule has 0 N–H and O–H groups in total. The van der Waals surface area contributed by atoms with Crippen LogP contribution in [0.4, 0.5) is 0 Å². The first kappa shape index (κ1) is 20.3. The van der Waals surface area contributed by atoms with E-state index in [0.29, 0.717) is 0 Å². The predicted molar refractivity (Wildman–Crippen MR) is 134 cm³/mol. The monoisotopic (exact) mass is 444 g/mol. The van der Waals surface area contributed by atoms with E-state index < -0.39 is 0 Å². The molecule has 2 aromatic heterocycles. The second kappa shape index (κ2) is 8.23. The molecule has 0 saturated heterocycles. The van der Waals surface area contributed by atoms with Crippen LogP contribution in [0.5, 0.6) is 0 Å². The lowest BCUT2D eigenvalue weighted by Crippen LogP contribution is -2.27. The highest BCUT2D eigenvalue weighted by atomic mass is 15.5. The molecule has 6 rings (SSSR count). The first-order valence-corrected chi connectivity index (χ1v) is 11.4. The molecule has 6 nitrogen and oxygen atoms in total. The zero-order valence-corrected chi connectivity index (χ0v) is 19.1. The molecule has 166 valence electrons. The van der Waals surface area contributed by atoms with Crippen LogP contribution in [0.3, 0.4) is 0 Å². The molecule has 0 aliphatic carbocycles. The van der Waals surface area contributed by atoms with Crippen molar-refractivity contribution in [2.45, 2.75) is 25.9 Å². The summed E-state index contributed by atoms with van der Waals surface area (Å²) < 4.78 is 4.06. The number of para-hydroxylation sites is 2. The Morgan fingerprint density at radius 3 is 1.29 bits per heavy atom. The molecule has 4 aromatic carbocycles. The Bertz CT molecular complexity index is 1460. The average Bonchev–Trinajstić information content (AvgIpc) is 3.49. The number of rotatable bonds is 5. The first-order chi connectivity index (χ1) is 16.7. The summed E-state index contributed by atoms with van der Waals surface area (Å²) in [6.07, 6.45) is 0. The third-order valence-corrected chi connectivity index (χ3v) is 6.42. The van der Waals surface area contributed by atoms with E-state index in [1.54, 1.807) is 0 Å². The fourth-order valence-electron chi connectivity index (χ4n) is 4.63. The van der Waals surface area contributed by atoms with Gasteiger partial charge in [0.15, 0.2) is 0 Å². The van der Waals surface area contributed by atoms with Gasteiger partial charge in [-0.05, 0) is 49.2 Å². The normalized spacial score (nSPS) is 13.4. The van der Waals surface area contributed by atoms with Crippen molar-refractivity contribution in [3.8, 4) is 0 Å². The van der Waals surface area contributed by atoms with Gasteiger partial charge in [-0.15, -0.1) is 10.2 Å². The summed E-state index contributed by atoms with van der Waals surface area (Å²) in [6, 6.07) is 33.1. The molecule has 2 heterocycles. The molecule has 6 heteroatoms. The van der Waals surface area contributed by atoms with Gasteiger partial charge >= 0.3 is 0 Å². The van der Waals surface area contributed by atoms with Crippen LogP contribution in [-0.2, 0) is 0 Å². The van der Waals surface area contributed by atoms with Gasteiger partial charge in [-0.3, -0.25) is 0 Å². The number of benzene rings is 4. The van der Waals surface area contributed by atoms with Crippen LogP contribution in [0, 0.1) is 13.8 Å². The summed E-state index contributed by atoms with van der Waals surface area (Å²) in [5.41, 5.74) is 8.38. The molecule has 0 spiro atoms. The van der Waals surface area contributed by atoms with Crippen LogP contribution >= 0.6 is 0 Å². The summed E-state index contributed by atoms with van der Waals surface area (Å²) in [7, 11) is 0. The van der Waals surface area contributed by atoms with Crippen molar-refractivity contribution in [2.75, 3.05) is 0 Å². The molecule has 2 unspecified atom stereocenters. The van der Waals surface area contributed by atoms with E-state index in [4.69, 9.17) is 0 Å². The van der Waals surface area contributed by atoms with Crippen LogP contribution < -0.4 is 0 Å². The van der Waals surface area contributed by atoms with E-state index in [2.05, 4.69) is 95.1 Å². The average molecular weight is 445 g/mol. The van der Waals surface area contributed by atoms with Crippen molar-refractivity contribution in [3.05, 3.63) is 119 Å². The second-order valence-corrected chi connectivity index (χ2v) is 8.76. The molecule has 6 aromatic rings. The maximum atomic E-state index is 4.65. The molecule has 0 bridgehead atoms. The van der Waals surface area contributed by atoms with Crippen molar-refractivity contribution in [1.82, 2.24) is 30.0 Å². The van der Waals surface area contributed by atoms with Gasteiger partial charge in [-0.1, -0.05) is 94.4 Å². The highest BCUT2D eigenvalue weighted by molar-refractivity contribution is 5.75. The van der Waals surface area contributed by atoms with Crippen molar-refractivity contribution in [2.24, 2.45) is 0 Å². The van der Waals surface area contributed by atoms with Crippen LogP contribution in [-0.4, -0.2) is 30.0 Å². The van der Waals surface area contributed by atoms with Gasteiger partial charge in [0.05, 0.1) is 11.0 Å². The lowest BCUT2D eigenvalue weighted by Gasteiger charge is -2.29.